The highest BCUT2D eigenvalue weighted by Crippen LogP contribution is 2.32. The third-order valence-corrected chi connectivity index (χ3v) is 4.58. The molecule has 2 heterocycles. The fraction of sp³-hybridized carbons (Fsp3) is 0.143. The van der Waals surface area contributed by atoms with Crippen LogP contribution in [0.5, 0.6) is 0 Å². The Morgan fingerprint density at radius 1 is 1.24 bits per heavy atom. The van der Waals surface area contributed by atoms with Crippen LogP contribution >= 0.6 is 34.5 Å². The van der Waals surface area contributed by atoms with E-state index in [0.29, 0.717) is 11.5 Å². The Balaban J connectivity index is 2.06. The van der Waals surface area contributed by atoms with E-state index in [9.17, 15) is 4.39 Å². The van der Waals surface area contributed by atoms with Crippen molar-refractivity contribution in [1.82, 2.24) is 9.97 Å². The van der Waals surface area contributed by atoms with E-state index in [1.165, 1.54) is 17.0 Å². The molecule has 0 aliphatic rings. The van der Waals surface area contributed by atoms with Crippen LogP contribution in [0.4, 0.5) is 15.9 Å². The Hall–Kier alpha value is -1.43. The maximum absolute atomic E-state index is 13.2. The van der Waals surface area contributed by atoms with Crippen molar-refractivity contribution in [2.75, 3.05) is 5.32 Å². The molecule has 108 valence electrons. The number of aryl methyl sites for hydroxylation is 1. The number of nitrogens with one attached hydrogen (secondary N) is 1. The molecule has 0 radical (unpaired) electrons. The molecule has 0 aliphatic carbocycles. The van der Waals surface area contributed by atoms with Gasteiger partial charge in [-0.2, -0.15) is 4.98 Å². The van der Waals surface area contributed by atoms with Crippen molar-refractivity contribution in [2.45, 2.75) is 13.3 Å². The first-order chi connectivity index (χ1) is 10.1. The van der Waals surface area contributed by atoms with Gasteiger partial charge in [-0.3, -0.25) is 0 Å². The smallest absolute Gasteiger partial charge is 0.225 e. The van der Waals surface area contributed by atoms with E-state index in [4.69, 9.17) is 23.2 Å². The van der Waals surface area contributed by atoms with E-state index in [1.807, 2.05) is 6.07 Å². The summed E-state index contributed by atoms with van der Waals surface area (Å²) in [6.45, 7) is 2.08. The number of aromatic nitrogens is 2. The molecule has 21 heavy (non-hydrogen) atoms. The lowest BCUT2D eigenvalue weighted by Gasteiger charge is -2.07. The Morgan fingerprint density at radius 3 is 2.76 bits per heavy atom. The summed E-state index contributed by atoms with van der Waals surface area (Å²) in [6, 6.07) is 6.43. The maximum Gasteiger partial charge on any atom is 0.225 e. The highest BCUT2D eigenvalue weighted by molar-refractivity contribution is 7.18. The van der Waals surface area contributed by atoms with Crippen LogP contribution in [-0.2, 0) is 6.42 Å². The van der Waals surface area contributed by atoms with Gasteiger partial charge in [-0.25, -0.2) is 9.37 Å². The lowest BCUT2D eigenvalue weighted by Crippen LogP contribution is -1.96. The molecule has 3 aromatic rings. The molecule has 0 bridgehead atoms. The van der Waals surface area contributed by atoms with Gasteiger partial charge in [-0.1, -0.05) is 18.5 Å². The van der Waals surface area contributed by atoms with Crippen molar-refractivity contribution in [2.24, 2.45) is 0 Å². The minimum atomic E-state index is -0.461. The van der Waals surface area contributed by atoms with Gasteiger partial charge >= 0.3 is 0 Å². The zero-order chi connectivity index (χ0) is 15.0. The summed E-state index contributed by atoms with van der Waals surface area (Å²) in [7, 11) is 0. The van der Waals surface area contributed by atoms with Crippen molar-refractivity contribution in [3.05, 3.63) is 45.3 Å². The first-order valence-electron chi connectivity index (χ1n) is 6.25. The second kappa shape index (κ2) is 5.75. The van der Waals surface area contributed by atoms with Crippen LogP contribution in [0.1, 0.15) is 11.8 Å². The van der Waals surface area contributed by atoms with Crippen LogP contribution < -0.4 is 5.32 Å². The zero-order valence-electron chi connectivity index (χ0n) is 11.0. The van der Waals surface area contributed by atoms with Crippen LogP contribution in [0.2, 0.25) is 10.3 Å². The number of halogens is 3. The number of anilines is 2. The molecule has 0 fully saturated rings. The van der Waals surface area contributed by atoms with Gasteiger partial charge in [0.15, 0.2) is 0 Å². The molecule has 3 rings (SSSR count). The van der Waals surface area contributed by atoms with Crippen molar-refractivity contribution in [3.63, 3.8) is 0 Å². The molecule has 1 aromatic carbocycles. The molecule has 0 saturated carbocycles. The summed E-state index contributed by atoms with van der Waals surface area (Å²) in [6.07, 6.45) is 0.917. The monoisotopic (exact) mass is 341 g/mol. The molecule has 3 nitrogen and oxygen atoms in total. The number of hydrogen-bond acceptors (Lipinski definition) is 4. The standard InChI is InChI=1S/C14H10Cl2FN3S/c1-2-8-6-9-12(19-14(16)20-13(9)21-8)18-7-3-4-11(17)10(15)5-7/h3-6H,2H2,1H3,(H,18,19,20). The first-order valence-corrected chi connectivity index (χ1v) is 7.82. The van der Waals surface area contributed by atoms with Gasteiger partial charge in [0.25, 0.3) is 0 Å². The molecular weight excluding hydrogens is 332 g/mol. The predicted molar refractivity (Wildman–Crippen MR) is 86.5 cm³/mol. The molecule has 7 heteroatoms. The van der Waals surface area contributed by atoms with E-state index in [-0.39, 0.29) is 10.3 Å². The Bertz CT molecular complexity index is 819. The second-order valence-electron chi connectivity index (χ2n) is 4.38. The number of nitrogens with zero attached hydrogens (tertiary/aromatic N) is 2. The van der Waals surface area contributed by atoms with Crippen LogP contribution in [0.15, 0.2) is 24.3 Å². The fourth-order valence-corrected chi connectivity index (χ4v) is 3.29. The Morgan fingerprint density at radius 2 is 2.05 bits per heavy atom. The number of rotatable bonds is 3. The topological polar surface area (TPSA) is 37.8 Å². The average molecular weight is 342 g/mol. The summed E-state index contributed by atoms with van der Waals surface area (Å²) in [5.41, 5.74) is 0.640. The molecule has 0 aliphatic heterocycles. The van der Waals surface area contributed by atoms with Gasteiger partial charge in [0.2, 0.25) is 5.28 Å². The van der Waals surface area contributed by atoms with Crippen LogP contribution in [0, 0.1) is 5.82 Å². The normalized spacial score (nSPS) is 11.0. The van der Waals surface area contributed by atoms with E-state index < -0.39 is 5.82 Å². The van der Waals surface area contributed by atoms with Gasteiger partial charge in [-0.15, -0.1) is 11.3 Å². The number of thiophene rings is 1. The first kappa shape index (κ1) is 14.5. The van der Waals surface area contributed by atoms with Crippen LogP contribution in [0.3, 0.4) is 0 Å². The minimum Gasteiger partial charge on any atom is -0.339 e. The summed E-state index contributed by atoms with van der Waals surface area (Å²) >= 11 is 13.3. The van der Waals surface area contributed by atoms with Gasteiger partial charge in [0, 0.05) is 10.6 Å². The number of fused-ring (bicyclic) bond motifs is 1. The molecule has 0 spiro atoms. The molecule has 1 N–H and O–H groups in total. The lowest BCUT2D eigenvalue weighted by molar-refractivity contribution is 0.628. The SMILES string of the molecule is CCc1cc2c(Nc3ccc(F)c(Cl)c3)nc(Cl)nc2s1. The Labute approximate surface area is 134 Å². The summed E-state index contributed by atoms with van der Waals surface area (Å²) in [5.74, 6) is 0.125. The number of benzene rings is 1. The summed E-state index contributed by atoms with van der Waals surface area (Å²) in [5, 5.41) is 4.22. The fourth-order valence-electron chi connectivity index (χ4n) is 1.93. The lowest BCUT2D eigenvalue weighted by atomic mass is 10.2. The van der Waals surface area contributed by atoms with Crippen molar-refractivity contribution in [1.29, 1.82) is 0 Å². The third kappa shape index (κ3) is 2.95. The molecule has 0 amide bonds. The Kier molecular flexibility index (Phi) is 3.97. The highest BCUT2D eigenvalue weighted by Gasteiger charge is 2.11. The zero-order valence-corrected chi connectivity index (χ0v) is 13.3. The highest BCUT2D eigenvalue weighted by atomic mass is 35.5. The van der Waals surface area contributed by atoms with Gasteiger partial charge in [0.05, 0.1) is 10.4 Å². The van der Waals surface area contributed by atoms with Crippen molar-refractivity contribution in [3.8, 4) is 0 Å². The number of hydrogen-bond donors (Lipinski definition) is 1. The van der Waals surface area contributed by atoms with E-state index in [2.05, 4.69) is 22.2 Å². The van der Waals surface area contributed by atoms with E-state index >= 15 is 0 Å². The predicted octanol–water partition coefficient (Wildman–Crippen LogP) is 5.44. The quantitative estimate of drug-likeness (QED) is 0.644. The van der Waals surface area contributed by atoms with Gasteiger partial charge < -0.3 is 5.32 Å². The average Bonchev–Trinajstić information content (AvgIpc) is 2.86. The van der Waals surface area contributed by atoms with Crippen molar-refractivity contribution < 1.29 is 4.39 Å². The summed E-state index contributed by atoms with van der Waals surface area (Å²) in [4.78, 5) is 10.5. The second-order valence-corrected chi connectivity index (χ2v) is 6.24. The minimum absolute atomic E-state index is 0.0518. The van der Waals surface area contributed by atoms with Crippen LogP contribution in [0.25, 0.3) is 10.2 Å². The molecule has 0 atom stereocenters. The van der Waals surface area contributed by atoms with Gasteiger partial charge in [0.1, 0.15) is 16.5 Å². The summed E-state index contributed by atoms with van der Waals surface area (Å²) < 4.78 is 13.2. The molecule has 0 unspecified atom stereocenters. The third-order valence-electron chi connectivity index (χ3n) is 2.95. The maximum atomic E-state index is 13.2. The van der Waals surface area contributed by atoms with Gasteiger partial charge in [-0.05, 0) is 42.3 Å². The van der Waals surface area contributed by atoms with Crippen LogP contribution in [-0.4, -0.2) is 9.97 Å². The van der Waals surface area contributed by atoms with E-state index in [0.717, 1.165) is 16.6 Å². The molecule has 2 aromatic heterocycles. The molecule has 0 saturated heterocycles. The molecular formula is C14H10Cl2FN3S. The van der Waals surface area contributed by atoms with Crippen molar-refractivity contribution >= 4 is 56.3 Å². The van der Waals surface area contributed by atoms with E-state index in [1.54, 1.807) is 17.4 Å². The largest absolute Gasteiger partial charge is 0.339 e.